The van der Waals surface area contributed by atoms with Gasteiger partial charge in [-0.15, -0.1) is 0 Å². The molecule has 0 aliphatic carbocycles. The van der Waals surface area contributed by atoms with Crippen LogP contribution in [0.4, 0.5) is 5.69 Å². The maximum Gasteiger partial charge on any atom is 0.289 e. The molecule has 1 heterocycles. The van der Waals surface area contributed by atoms with E-state index in [-0.39, 0.29) is 21.6 Å². The van der Waals surface area contributed by atoms with Crippen molar-refractivity contribution in [2.75, 3.05) is 13.1 Å². The van der Waals surface area contributed by atoms with E-state index in [1.807, 2.05) is 13.8 Å². The van der Waals surface area contributed by atoms with E-state index < -0.39 is 4.92 Å². The second kappa shape index (κ2) is 6.81. The molecule has 19 heavy (non-hydrogen) atoms. The van der Waals surface area contributed by atoms with Crippen molar-refractivity contribution in [1.29, 1.82) is 0 Å². The van der Waals surface area contributed by atoms with E-state index in [4.69, 9.17) is 0 Å². The molecule has 1 atom stereocenters. The highest BCUT2D eigenvalue weighted by Crippen LogP contribution is 2.22. The predicted molar refractivity (Wildman–Crippen MR) is 77.5 cm³/mol. The number of nitrogens with one attached hydrogen (secondary N) is 1. The lowest BCUT2D eigenvalue weighted by Crippen LogP contribution is -2.29. The van der Waals surface area contributed by atoms with Crippen LogP contribution in [0, 0.1) is 23.0 Å². The summed E-state index contributed by atoms with van der Waals surface area (Å²) in [5.41, 5.74) is 0.0964. The summed E-state index contributed by atoms with van der Waals surface area (Å²) < 4.78 is 1.66. The van der Waals surface area contributed by atoms with Crippen molar-refractivity contribution in [2.24, 2.45) is 5.92 Å². The minimum atomic E-state index is -0.467. The van der Waals surface area contributed by atoms with E-state index in [9.17, 15) is 14.9 Å². The van der Waals surface area contributed by atoms with Crippen molar-refractivity contribution in [3.05, 3.63) is 36.7 Å². The normalized spacial score (nSPS) is 12.4. The van der Waals surface area contributed by atoms with Crippen LogP contribution < -0.4 is 10.9 Å². The smallest absolute Gasteiger partial charge is 0.289 e. The topological polar surface area (TPSA) is 77.2 Å². The number of hydrogen-bond acceptors (Lipinski definition) is 4. The SMILES string of the molecule is CCNCC(C)Cn1cc([N+](=O)[O-])c(C)c(Br)c1=O. The van der Waals surface area contributed by atoms with Gasteiger partial charge in [0.25, 0.3) is 11.2 Å². The zero-order valence-corrected chi connectivity index (χ0v) is 12.9. The van der Waals surface area contributed by atoms with Gasteiger partial charge in [-0.05, 0) is 41.9 Å². The Bertz CT molecular complexity index is 528. The molecule has 1 unspecified atom stereocenters. The Kier molecular flexibility index (Phi) is 5.68. The van der Waals surface area contributed by atoms with Crippen molar-refractivity contribution in [3.8, 4) is 0 Å². The molecular weight excluding hydrogens is 314 g/mol. The minimum absolute atomic E-state index is 0.0397. The van der Waals surface area contributed by atoms with E-state index in [1.54, 1.807) is 6.92 Å². The van der Waals surface area contributed by atoms with E-state index >= 15 is 0 Å². The molecule has 1 rings (SSSR count). The molecule has 1 aromatic heterocycles. The van der Waals surface area contributed by atoms with Gasteiger partial charge in [-0.1, -0.05) is 13.8 Å². The van der Waals surface area contributed by atoms with Crippen LogP contribution in [0.25, 0.3) is 0 Å². The Balaban J connectivity index is 3.08. The van der Waals surface area contributed by atoms with Gasteiger partial charge in [0.2, 0.25) is 0 Å². The summed E-state index contributed by atoms with van der Waals surface area (Å²) in [5.74, 6) is 0.215. The summed E-state index contributed by atoms with van der Waals surface area (Å²) >= 11 is 3.14. The zero-order valence-electron chi connectivity index (χ0n) is 11.3. The molecule has 106 valence electrons. The van der Waals surface area contributed by atoms with E-state index in [0.717, 1.165) is 13.1 Å². The zero-order chi connectivity index (χ0) is 14.6. The first-order valence-electron chi connectivity index (χ1n) is 6.13. The van der Waals surface area contributed by atoms with Crippen LogP contribution in [0.5, 0.6) is 0 Å². The molecule has 0 fully saturated rings. The van der Waals surface area contributed by atoms with Gasteiger partial charge in [0, 0.05) is 12.1 Å². The molecule has 0 saturated heterocycles. The molecule has 0 aliphatic rings. The number of nitro groups is 1. The van der Waals surface area contributed by atoms with Crippen LogP contribution in [-0.2, 0) is 6.54 Å². The van der Waals surface area contributed by atoms with Gasteiger partial charge in [0.15, 0.2) is 0 Å². The number of rotatable bonds is 6. The fourth-order valence-corrected chi connectivity index (χ4v) is 2.24. The van der Waals surface area contributed by atoms with Crippen LogP contribution in [-0.4, -0.2) is 22.6 Å². The first-order chi connectivity index (χ1) is 8.88. The van der Waals surface area contributed by atoms with E-state index in [0.29, 0.717) is 12.1 Å². The Labute approximate surface area is 120 Å². The highest BCUT2D eigenvalue weighted by atomic mass is 79.9. The third-order valence-corrected chi connectivity index (χ3v) is 3.82. The molecule has 7 heteroatoms. The number of nitrogens with zero attached hydrogens (tertiary/aromatic N) is 2. The monoisotopic (exact) mass is 331 g/mol. The third-order valence-electron chi connectivity index (χ3n) is 2.89. The summed E-state index contributed by atoms with van der Waals surface area (Å²) in [7, 11) is 0. The fraction of sp³-hybridized carbons (Fsp3) is 0.583. The molecule has 1 aromatic rings. The average Bonchev–Trinajstić information content (AvgIpc) is 2.36. The Morgan fingerprint density at radius 2 is 2.21 bits per heavy atom. The first kappa shape index (κ1) is 15.8. The van der Waals surface area contributed by atoms with Crippen molar-refractivity contribution in [3.63, 3.8) is 0 Å². The number of aromatic nitrogens is 1. The number of pyridine rings is 1. The first-order valence-corrected chi connectivity index (χ1v) is 6.92. The molecule has 0 spiro atoms. The minimum Gasteiger partial charge on any atom is -0.317 e. The van der Waals surface area contributed by atoms with Gasteiger partial charge < -0.3 is 9.88 Å². The van der Waals surface area contributed by atoms with Crippen LogP contribution >= 0.6 is 15.9 Å². The summed E-state index contributed by atoms with van der Waals surface area (Å²) in [4.78, 5) is 22.5. The Morgan fingerprint density at radius 1 is 1.58 bits per heavy atom. The maximum absolute atomic E-state index is 12.0. The van der Waals surface area contributed by atoms with E-state index in [2.05, 4.69) is 21.2 Å². The Morgan fingerprint density at radius 3 is 2.74 bits per heavy atom. The second-order valence-electron chi connectivity index (χ2n) is 4.58. The molecule has 6 nitrogen and oxygen atoms in total. The van der Waals surface area contributed by atoms with Gasteiger partial charge >= 0.3 is 0 Å². The van der Waals surface area contributed by atoms with Crippen LogP contribution in [0.3, 0.4) is 0 Å². The summed E-state index contributed by atoms with van der Waals surface area (Å²) in [6, 6.07) is 0. The van der Waals surface area contributed by atoms with Crippen molar-refractivity contribution >= 4 is 21.6 Å². The molecule has 0 aliphatic heterocycles. The molecule has 0 radical (unpaired) electrons. The van der Waals surface area contributed by atoms with Crippen LogP contribution in [0.2, 0.25) is 0 Å². The lowest BCUT2D eigenvalue weighted by Gasteiger charge is -2.14. The lowest BCUT2D eigenvalue weighted by molar-refractivity contribution is -0.386. The highest BCUT2D eigenvalue weighted by molar-refractivity contribution is 9.10. The van der Waals surface area contributed by atoms with Crippen molar-refractivity contribution in [1.82, 2.24) is 9.88 Å². The largest absolute Gasteiger partial charge is 0.317 e. The molecule has 0 aromatic carbocycles. The van der Waals surface area contributed by atoms with Gasteiger partial charge in [0.1, 0.15) is 0 Å². The van der Waals surface area contributed by atoms with Crippen molar-refractivity contribution < 1.29 is 4.92 Å². The molecule has 1 N–H and O–H groups in total. The van der Waals surface area contributed by atoms with Gasteiger partial charge in [-0.25, -0.2) is 0 Å². The fourth-order valence-electron chi connectivity index (χ4n) is 1.81. The number of halogens is 1. The van der Waals surface area contributed by atoms with Gasteiger partial charge in [-0.2, -0.15) is 0 Å². The second-order valence-corrected chi connectivity index (χ2v) is 5.37. The molecule has 0 saturated carbocycles. The third kappa shape index (κ3) is 3.87. The molecular formula is C12H18BrN3O3. The van der Waals surface area contributed by atoms with Gasteiger partial charge in [0.05, 0.1) is 15.6 Å². The molecule has 0 amide bonds. The lowest BCUT2D eigenvalue weighted by atomic mass is 10.1. The average molecular weight is 332 g/mol. The molecule has 0 bridgehead atoms. The highest BCUT2D eigenvalue weighted by Gasteiger charge is 2.19. The maximum atomic E-state index is 12.0. The number of hydrogen-bond donors (Lipinski definition) is 1. The summed E-state index contributed by atoms with van der Waals surface area (Å²) in [5, 5.41) is 14.1. The standard InChI is InChI=1S/C12H18BrN3O3/c1-4-14-5-8(2)6-15-7-10(16(18)19)9(3)11(13)12(15)17/h7-8,14H,4-6H2,1-3H3. The van der Waals surface area contributed by atoms with Crippen LogP contribution in [0.15, 0.2) is 15.5 Å². The Hall–Kier alpha value is -1.21. The quantitative estimate of drug-likeness (QED) is 0.639. The summed E-state index contributed by atoms with van der Waals surface area (Å²) in [6.45, 7) is 7.64. The van der Waals surface area contributed by atoms with E-state index in [1.165, 1.54) is 10.8 Å². The van der Waals surface area contributed by atoms with Gasteiger partial charge in [-0.3, -0.25) is 14.9 Å². The van der Waals surface area contributed by atoms with Crippen molar-refractivity contribution in [2.45, 2.75) is 27.3 Å². The van der Waals surface area contributed by atoms with Crippen LogP contribution in [0.1, 0.15) is 19.4 Å². The predicted octanol–water partition coefficient (Wildman–Crippen LogP) is 2.07. The summed E-state index contributed by atoms with van der Waals surface area (Å²) in [6.07, 6.45) is 1.32.